The van der Waals surface area contributed by atoms with Crippen LogP contribution in [-0.2, 0) is 14.3 Å². The predicted molar refractivity (Wildman–Crippen MR) is 125 cm³/mol. The topological polar surface area (TPSA) is 85.3 Å². The molecule has 1 fully saturated rings. The molecule has 1 saturated heterocycles. The van der Waals surface area contributed by atoms with E-state index in [0.29, 0.717) is 22.6 Å². The van der Waals surface area contributed by atoms with Crippen molar-refractivity contribution < 1.29 is 28.9 Å². The molecule has 0 radical (unpaired) electrons. The number of hydrogen-bond acceptors (Lipinski definition) is 6. The summed E-state index contributed by atoms with van der Waals surface area (Å²) in [6, 6.07) is 13.3. The average molecular weight is 454 g/mol. The highest BCUT2D eigenvalue weighted by atomic mass is 16.5. The van der Waals surface area contributed by atoms with Gasteiger partial charge in [0.2, 0.25) is 0 Å². The second-order valence-electron chi connectivity index (χ2n) is 8.42. The number of amides is 1. The molecule has 0 aromatic heterocycles. The first-order chi connectivity index (χ1) is 15.7. The number of rotatable bonds is 9. The van der Waals surface area contributed by atoms with Crippen LogP contribution >= 0.6 is 0 Å². The standard InChI is InChI=1S/C26H31NO6/c1-16(2)32-20-11-9-18(10-12-20)24(28)22-23(27(13-14-31-5)26(30)25(22)29)19-7-6-8-21(15-19)33-17(3)4/h6-12,15-17,23,28H,13-14H2,1-5H3/b24-22-. The summed E-state index contributed by atoms with van der Waals surface area (Å²) in [5.74, 6) is -0.364. The number of aliphatic hydroxyl groups excluding tert-OH is 1. The maximum absolute atomic E-state index is 13.0. The Bertz CT molecular complexity index is 1030. The van der Waals surface area contributed by atoms with E-state index in [1.54, 1.807) is 30.3 Å². The van der Waals surface area contributed by atoms with Gasteiger partial charge in [-0.1, -0.05) is 12.1 Å². The summed E-state index contributed by atoms with van der Waals surface area (Å²) in [4.78, 5) is 27.4. The van der Waals surface area contributed by atoms with E-state index in [9.17, 15) is 14.7 Å². The summed E-state index contributed by atoms with van der Waals surface area (Å²) in [6.45, 7) is 8.15. The van der Waals surface area contributed by atoms with Crippen LogP contribution in [0.4, 0.5) is 0 Å². The molecule has 0 saturated carbocycles. The van der Waals surface area contributed by atoms with Crippen LogP contribution in [0.15, 0.2) is 54.1 Å². The highest BCUT2D eigenvalue weighted by Gasteiger charge is 2.46. The van der Waals surface area contributed by atoms with Crippen molar-refractivity contribution in [2.75, 3.05) is 20.3 Å². The molecule has 2 aromatic rings. The fourth-order valence-electron chi connectivity index (χ4n) is 3.80. The van der Waals surface area contributed by atoms with Crippen molar-refractivity contribution in [1.82, 2.24) is 4.90 Å². The minimum Gasteiger partial charge on any atom is -0.507 e. The van der Waals surface area contributed by atoms with Crippen LogP contribution in [0.2, 0.25) is 0 Å². The lowest BCUT2D eigenvalue weighted by Gasteiger charge is -2.25. The number of ether oxygens (including phenoxy) is 3. The maximum atomic E-state index is 13.0. The Morgan fingerprint density at radius 3 is 2.21 bits per heavy atom. The van der Waals surface area contributed by atoms with Crippen LogP contribution in [0.5, 0.6) is 11.5 Å². The van der Waals surface area contributed by atoms with Gasteiger partial charge in [-0.2, -0.15) is 0 Å². The van der Waals surface area contributed by atoms with Gasteiger partial charge in [-0.05, 0) is 69.7 Å². The lowest BCUT2D eigenvalue weighted by Crippen LogP contribution is -2.32. The van der Waals surface area contributed by atoms with Crippen molar-refractivity contribution in [3.63, 3.8) is 0 Å². The van der Waals surface area contributed by atoms with E-state index in [1.165, 1.54) is 12.0 Å². The van der Waals surface area contributed by atoms with E-state index in [1.807, 2.05) is 45.9 Å². The second kappa shape index (κ2) is 10.5. The molecule has 1 N–H and O–H groups in total. The van der Waals surface area contributed by atoms with Gasteiger partial charge in [-0.25, -0.2) is 0 Å². The molecule has 7 nitrogen and oxygen atoms in total. The second-order valence-corrected chi connectivity index (χ2v) is 8.42. The van der Waals surface area contributed by atoms with Crippen molar-refractivity contribution in [2.45, 2.75) is 45.9 Å². The van der Waals surface area contributed by atoms with Crippen LogP contribution in [0.1, 0.15) is 44.9 Å². The normalized spacial score (nSPS) is 17.8. The third-order valence-corrected chi connectivity index (χ3v) is 5.12. The number of carbonyl (C=O) groups excluding carboxylic acids is 2. The smallest absolute Gasteiger partial charge is 0.295 e. The molecule has 33 heavy (non-hydrogen) atoms. The molecule has 1 amide bonds. The number of nitrogens with zero attached hydrogens (tertiary/aromatic N) is 1. The first-order valence-electron chi connectivity index (χ1n) is 11.0. The number of carbonyl (C=O) groups is 2. The van der Waals surface area contributed by atoms with Crippen molar-refractivity contribution in [3.05, 3.63) is 65.2 Å². The molecular weight excluding hydrogens is 422 g/mol. The van der Waals surface area contributed by atoms with Gasteiger partial charge in [0.1, 0.15) is 17.3 Å². The molecule has 1 unspecified atom stereocenters. The summed E-state index contributed by atoms with van der Waals surface area (Å²) < 4.78 is 16.6. The largest absolute Gasteiger partial charge is 0.507 e. The first-order valence-corrected chi connectivity index (χ1v) is 11.0. The van der Waals surface area contributed by atoms with Gasteiger partial charge in [-0.3, -0.25) is 9.59 Å². The molecule has 0 spiro atoms. The van der Waals surface area contributed by atoms with E-state index < -0.39 is 17.7 Å². The van der Waals surface area contributed by atoms with Gasteiger partial charge < -0.3 is 24.2 Å². The zero-order chi connectivity index (χ0) is 24.1. The monoisotopic (exact) mass is 453 g/mol. The third kappa shape index (κ3) is 5.54. The molecule has 1 atom stereocenters. The number of benzene rings is 2. The number of Topliss-reactive ketones (excluding diaryl/α,β-unsaturated/α-hetero) is 1. The van der Waals surface area contributed by atoms with Gasteiger partial charge in [0, 0.05) is 19.2 Å². The Kier molecular flexibility index (Phi) is 7.76. The predicted octanol–water partition coefficient (Wildman–Crippen LogP) is 4.33. The van der Waals surface area contributed by atoms with Crippen molar-refractivity contribution in [1.29, 1.82) is 0 Å². The highest BCUT2D eigenvalue weighted by molar-refractivity contribution is 6.46. The van der Waals surface area contributed by atoms with Crippen LogP contribution in [0.25, 0.3) is 5.76 Å². The number of methoxy groups -OCH3 is 1. The Hall–Kier alpha value is -3.32. The Labute approximate surface area is 194 Å². The maximum Gasteiger partial charge on any atom is 0.295 e. The molecule has 2 aromatic carbocycles. The Morgan fingerprint density at radius 2 is 1.61 bits per heavy atom. The van der Waals surface area contributed by atoms with Crippen LogP contribution in [0.3, 0.4) is 0 Å². The van der Waals surface area contributed by atoms with E-state index >= 15 is 0 Å². The average Bonchev–Trinajstić information content (AvgIpc) is 3.02. The van der Waals surface area contributed by atoms with Gasteiger partial charge in [0.15, 0.2) is 0 Å². The quantitative estimate of drug-likeness (QED) is 0.346. The first kappa shape index (κ1) is 24.3. The summed E-state index contributed by atoms with van der Waals surface area (Å²) in [5.41, 5.74) is 1.13. The minimum absolute atomic E-state index is 0.0101. The molecule has 1 aliphatic rings. The lowest BCUT2D eigenvalue weighted by molar-refractivity contribution is -0.140. The zero-order valence-corrected chi connectivity index (χ0v) is 19.7. The van der Waals surface area contributed by atoms with Crippen LogP contribution in [-0.4, -0.2) is 54.2 Å². The Morgan fingerprint density at radius 1 is 0.970 bits per heavy atom. The van der Waals surface area contributed by atoms with Gasteiger partial charge in [-0.15, -0.1) is 0 Å². The molecule has 1 heterocycles. The highest BCUT2D eigenvalue weighted by Crippen LogP contribution is 2.40. The molecule has 1 aliphatic heterocycles. The lowest BCUT2D eigenvalue weighted by atomic mass is 9.95. The minimum atomic E-state index is -0.762. The summed E-state index contributed by atoms with van der Waals surface area (Å²) in [6.07, 6.45) is -0.0254. The third-order valence-electron chi connectivity index (χ3n) is 5.12. The molecule has 3 rings (SSSR count). The van der Waals surface area contributed by atoms with Gasteiger partial charge in [0.05, 0.1) is 30.4 Å². The Balaban J connectivity index is 2.08. The summed E-state index contributed by atoms with van der Waals surface area (Å²) in [7, 11) is 1.53. The number of ketones is 1. The molecule has 176 valence electrons. The van der Waals surface area contributed by atoms with Gasteiger partial charge in [0.25, 0.3) is 11.7 Å². The van der Waals surface area contributed by atoms with E-state index in [-0.39, 0.29) is 36.7 Å². The zero-order valence-electron chi connectivity index (χ0n) is 19.7. The molecule has 0 aliphatic carbocycles. The number of aliphatic hydroxyl groups is 1. The van der Waals surface area contributed by atoms with Crippen LogP contribution < -0.4 is 9.47 Å². The molecular formula is C26H31NO6. The fourth-order valence-corrected chi connectivity index (χ4v) is 3.80. The number of hydrogen-bond donors (Lipinski definition) is 1. The SMILES string of the molecule is COCCN1C(=O)C(=O)/C(=C(\O)c2ccc(OC(C)C)cc2)C1c1cccc(OC(C)C)c1. The summed E-state index contributed by atoms with van der Waals surface area (Å²) >= 11 is 0. The molecule has 7 heteroatoms. The fraction of sp³-hybridized carbons (Fsp3) is 0.385. The molecule has 0 bridgehead atoms. The van der Waals surface area contributed by atoms with E-state index in [0.717, 1.165) is 0 Å². The van der Waals surface area contributed by atoms with E-state index in [4.69, 9.17) is 14.2 Å². The van der Waals surface area contributed by atoms with E-state index in [2.05, 4.69) is 0 Å². The van der Waals surface area contributed by atoms with Gasteiger partial charge >= 0.3 is 0 Å². The van der Waals surface area contributed by atoms with Crippen LogP contribution in [0, 0.1) is 0 Å². The summed E-state index contributed by atoms with van der Waals surface area (Å²) in [5, 5.41) is 11.1. The van der Waals surface area contributed by atoms with Crippen molar-refractivity contribution >= 4 is 17.4 Å². The van der Waals surface area contributed by atoms with Crippen molar-refractivity contribution in [2.24, 2.45) is 0 Å². The number of likely N-dealkylation sites (tertiary alicyclic amines) is 1. The van der Waals surface area contributed by atoms with Crippen molar-refractivity contribution in [3.8, 4) is 11.5 Å².